The molecule has 0 aliphatic carbocycles. The van der Waals surface area contributed by atoms with Crippen molar-refractivity contribution in [1.82, 2.24) is 0 Å². The van der Waals surface area contributed by atoms with Crippen molar-refractivity contribution in [1.29, 1.82) is 0 Å². The fourth-order valence-electron chi connectivity index (χ4n) is 1.67. The Morgan fingerprint density at radius 3 is 2.82 bits per heavy atom. The second-order valence-electron chi connectivity index (χ2n) is 3.69. The first-order chi connectivity index (χ1) is 8.08. The van der Waals surface area contributed by atoms with Crippen molar-refractivity contribution in [2.45, 2.75) is 18.9 Å². The predicted molar refractivity (Wildman–Crippen MR) is 56.5 cm³/mol. The zero-order valence-electron chi connectivity index (χ0n) is 8.79. The summed E-state index contributed by atoms with van der Waals surface area (Å²) in [5.74, 6) is -0.798. The molecule has 1 aliphatic rings. The molecule has 1 unspecified atom stereocenters. The van der Waals surface area contributed by atoms with E-state index in [9.17, 15) is 19.7 Å². The predicted octanol–water partition coefficient (Wildman–Crippen LogP) is 1.48. The van der Waals surface area contributed by atoms with Crippen LogP contribution in [0.4, 0.5) is 5.69 Å². The van der Waals surface area contributed by atoms with Crippen LogP contribution in [0.15, 0.2) is 24.3 Å². The summed E-state index contributed by atoms with van der Waals surface area (Å²) in [6.45, 7) is 0. The van der Waals surface area contributed by atoms with Gasteiger partial charge in [0.05, 0.1) is 4.92 Å². The molecule has 0 N–H and O–H groups in total. The molecule has 1 aromatic rings. The van der Waals surface area contributed by atoms with Gasteiger partial charge in [-0.25, -0.2) is 0 Å². The Labute approximate surface area is 96.3 Å². The SMILES string of the molecule is O=C1CCC(C(=O)c2cccc([N+](=O)[O-])c2)O1. The summed E-state index contributed by atoms with van der Waals surface area (Å²) in [6.07, 6.45) is -0.254. The molecule has 0 spiro atoms. The topological polar surface area (TPSA) is 86.5 Å². The molecule has 88 valence electrons. The van der Waals surface area contributed by atoms with Crippen LogP contribution in [0, 0.1) is 10.1 Å². The van der Waals surface area contributed by atoms with Crippen LogP contribution in [0.1, 0.15) is 23.2 Å². The van der Waals surface area contributed by atoms with Crippen molar-refractivity contribution in [2.75, 3.05) is 0 Å². The van der Waals surface area contributed by atoms with Crippen LogP contribution in [-0.2, 0) is 9.53 Å². The molecule has 0 amide bonds. The lowest BCUT2D eigenvalue weighted by Gasteiger charge is -2.07. The van der Waals surface area contributed by atoms with Crippen molar-refractivity contribution in [2.24, 2.45) is 0 Å². The van der Waals surface area contributed by atoms with Crippen molar-refractivity contribution in [3.05, 3.63) is 39.9 Å². The Kier molecular flexibility index (Phi) is 2.86. The average Bonchev–Trinajstić information content (AvgIpc) is 2.75. The van der Waals surface area contributed by atoms with Crippen LogP contribution in [0.25, 0.3) is 0 Å². The van der Waals surface area contributed by atoms with Gasteiger partial charge in [-0.3, -0.25) is 19.7 Å². The van der Waals surface area contributed by atoms with Crippen LogP contribution < -0.4 is 0 Å². The Morgan fingerprint density at radius 1 is 1.47 bits per heavy atom. The molecule has 0 aromatic heterocycles. The molecule has 0 bridgehead atoms. The smallest absolute Gasteiger partial charge is 0.306 e. The number of nitro benzene ring substituents is 1. The van der Waals surface area contributed by atoms with Crippen LogP contribution in [0.2, 0.25) is 0 Å². The number of carbonyl (C=O) groups is 2. The Morgan fingerprint density at radius 2 is 2.24 bits per heavy atom. The van der Waals surface area contributed by atoms with Gasteiger partial charge in [0.25, 0.3) is 5.69 Å². The minimum atomic E-state index is -0.801. The van der Waals surface area contributed by atoms with Crippen molar-refractivity contribution < 1.29 is 19.2 Å². The summed E-state index contributed by atoms with van der Waals surface area (Å²) in [4.78, 5) is 32.7. The van der Waals surface area contributed by atoms with Crippen LogP contribution in [-0.4, -0.2) is 22.8 Å². The second-order valence-corrected chi connectivity index (χ2v) is 3.69. The lowest BCUT2D eigenvalue weighted by molar-refractivity contribution is -0.384. The molecule has 17 heavy (non-hydrogen) atoms. The third-order valence-electron chi connectivity index (χ3n) is 2.52. The average molecular weight is 235 g/mol. The Hall–Kier alpha value is -2.24. The summed E-state index contributed by atoms with van der Waals surface area (Å²) < 4.78 is 4.82. The molecule has 2 rings (SSSR count). The molecule has 1 aliphatic heterocycles. The summed E-state index contributed by atoms with van der Waals surface area (Å²) in [5, 5.41) is 10.6. The quantitative estimate of drug-likeness (QED) is 0.343. The van der Waals surface area contributed by atoms with Gasteiger partial charge in [-0.05, 0) is 0 Å². The number of carbonyl (C=O) groups excluding carboxylic acids is 2. The number of Topliss-reactive ketones (excluding diaryl/α,β-unsaturated/α-hetero) is 1. The maximum atomic E-state index is 11.9. The molecule has 6 heteroatoms. The molecular weight excluding hydrogens is 226 g/mol. The minimum absolute atomic E-state index is 0.153. The van der Waals surface area contributed by atoms with Gasteiger partial charge in [-0.2, -0.15) is 0 Å². The van der Waals surface area contributed by atoms with Gasteiger partial charge in [0.15, 0.2) is 6.10 Å². The first-order valence-corrected chi connectivity index (χ1v) is 5.06. The molecule has 6 nitrogen and oxygen atoms in total. The number of benzene rings is 1. The number of ketones is 1. The number of nitro groups is 1. The van der Waals surface area contributed by atoms with E-state index in [-0.39, 0.29) is 23.5 Å². The van der Waals surface area contributed by atoms with Gasteiger partial charge in [0.1, 0.15) is 0 Å². The van der Waals surface area contributed by atoms with Gasteiger partial charge in [-0.1, -0.05) is 12.1 Å². The van der Waals surface area contributed by atoms with Gasteiger partial charge < -0.3 is 4.74 Å². The molecular formula is C11H9NO5. The van der Waals surface area contributed by atoms with Crippen LogP contribution >= 0.6 is 0 Å². The zero-order chi connectivity index (χ0) is 12.4. The van der Waals surface area contributed by atoms with E-state index in [0.717, 1.165) is 0 Å². The Bertz CT molecular complexity index is 496. The molecule has 1 heterocycles. The highest BCUT2D eigenvalue weighted by Crippen LogP contribution is 2.21. The first kappa shape index (κ1) is 11.3. The lowest BCUT2D eigenvalue weighted by Crippen LogP contribution is -2.20. The number of ether oxygens (including phenoxy) is 1. The minimum Gasteiger partial charge on any atom is -0.454 e. The summed E-state index contributed by atoms with van der Waals surface area (Å²) >= 11 is 0. The number of cyclic esters (lactones) is 1. The summed E-state index contributed by atoms with van der Waals surface area (Å²) in [6, 6.07) is 5.40. The van der Waals surface area contributed by atoms with Crippen molar-refractivity contribution in [3.8, 4) is 0 Å². The highest BCUT2D eigenvalue weighted by Gasteiger charge is 2.30. The summed E-state index contributed by atoms with van der Waals surface area (Å²) in [7, 11) is 0. The number of non-ortho nitro benzene ring substituents is 1. The molecule has 1 fully saturated rings. The standard InChI is InChI=1S/C11H9NO5/c13-10-5-4-9(17-10)11(14)7-2-1-3-8(6-7)12(15)16/h1-3,6,9H,4-5H2. The Balaban J connectivity index is 2.22. The lowest BCUT2D eigenvalue weighted by atomic mass is 10.0. The van der Waals surface area contributed by atoms with Crippen molar-refractivity contribution in [3.63, 3.8) is 0 Å². The second kappa shape index (κ2) is 4.32. The molecule has 0 radical (unpaired) electrons. The van der Waals surface area contributed by atoms with Gasteiger partial charge in [0.2, 0.25) is 5.78 Å². The van der Waals surface area contributed by atoms with E-state index < -0.39 is 17.0 Å². The number of hydrogen-bond donors (Lipinski definition) is 0. The normalized spacial score (nSPS) is 18.8. The molecule has 1 aromatic carbocycles. The fraction of sp³-hybridized carbons (Fsp3) is 0.273. The first-order valence-electron chi connectivity index (χ1n) is 5.06. The van der Waals surface area contributed by atoms with Gasteiger partial charge >= 0.3 is 5.97 Å². The van der Waals surface area contributed by atoms with E-state index in [1.54, 1.807) is 0 Å². The molecule has 1 atom stereocenters. The largest absolute Gasteiger partial charge is 0.454 e. The maximum Gasteiger partial charge on any atom is 0.306 e. The molecule has 0 saturated carbocycles. The van der Waals surface area contributed by atoms with E-state index in [1.165, 1.54) is 24.3 Å². The van der Waals surface area contributed by atoms with E-state index in [4.69, 9.17) is 4.74 Å². The maximum absolute atomic E-state index is 11.9. The molecule has 1 saturated heterocycles. The third kappa shape index (κ3) is 2.30. The highest BCUT2D eigenvalue weighted by atomic mass is 16.6. The summed E-state index contributed by atoms with van der Waals surface area (Å²) in [5.41, 5.74) is 0.0408. The zero-order valence-corrected chi connectivity index (χ0v) is 8.79. The monoisotopic (exact) mass is 235 g/mol. The van der Waals surface area contributed by atoms with Gasteiger partial charge in [0, 0.05) is 30.5 Å². The fourth-order valence-corrected chi connectivity index (χ4v) is 1.67. The van der Waals surface area contributed by atoms with E-state index in [1.807, 2.05) is 0 Å². The number of hydrogen-bond acceptors (Lipinski definition) is 5. The van der Waals surface area contributed by atoms with E-state index in [2.05, 4.69) is 0 Å². The van der Waals surface area contributed by atoms with E-state index >= 15 is 0 Å². The number of rotatable bonds is 3. The third-order valence-corrected chi connectivity index (χ3v) is 2.52. The number of esters is 1. The van der Waals surface area contributed by atoms with Gasteiger partial charge in [-0.15, -0.1) is 0 Å². The van der Waals surface area contributed by atoms with Crippen LogP contribution in [0.3, 0.4) is 0 Å². The van der Waals surface area contributed by atoms with Crippen LogP contribution in [0.5, 0.6) is 0 Å². The van der Waals surface area contributed by atoms with E-state index in [0.29, 0.717) is 6.42 Å². The number of nitrogens with zero attached hydrogens (tertiary/aromatic N) is 1. The van der Waals surface area contributed by atoms with Crippen molar-refractivity contribution >= 4 is 17.4 Å². The highest BCUT2D eigenvalue weighted by molar-refractivity contribution is 6.01.